The molecule has 0 radical (unpaired) electrons. The van der Waals surface area contributed by atoms with Gasteiger partial charge in [-0.05, 0) is 171 Å². The van der Waals surface area contributed by atoms with Crippen LogP contribution in [0.5, 0.6) is 0 Å². The molecule has 0 aromatic heterocycles. The van der Waals surface area contributed by atoms with Gasteiger partial charge in [-0.25, -0.2) is 10.3 Å². The SMILES string of the molecule is C=C(C)[C@@H]1CC[C@]2(CONCCN3CCCCC3)CC[C@]3(C)C(CCC4[C@@]5(C)CC=C(c6ccc(C(=O)O)cc6)C(C)(C)C5CC[C@]43C)C12. The predicted octanol–water partition coefficient (Wildman–Crippen LogP) is 10.0. The Morgan fingerprint density at radius 3 is 2.35 bits per heavy atom. The van der Waals surface area contributed by atoms with E-state index in [1.54, 1.807) is 12.1 Å². The molecule has 5 aliphatic carbocycles. The maximum Gasteiger partial charge on any atom is 0.335 e. The molecule has 1 heterocycles. The van der Waals surface area contributed by atoms with Crippen LogP contribution in [0.15, 0.2) is 42.5 Å². The molecule has 0 amide bonds. The molecule has 0 bridgehead atoms. The lowest BCUT2D eigenvalue weighted by molar-refractivity contribution is -0.231. The first-order chi connectivity index (χ1) is 23.3. The van der Waals surface area contributed by atoms with E-state index in [1.165, 1.54) is 100 Å². The van der Waals surface area contributed by atoms with Crippen LogP contribution in [0.4, 0.5) is 0 Å². The van der Waals surface area contributed by atoms with Gasteiger partial charge < -0.3 is 14.8 Å². The van der Waals surface area contributed by atoms with Crippen molar-refractivity contribution in [2.45, 2.75) is 119 Å². The van der Waals surface area contributed by atoms with E-state index in [0.717, 1.165) is 32.0 Å². The fourth-order valence-electron chi connectivity index (χ4n) is 14.1. The van der Waals surface area contributed by atoms with Crippen LogP contribution >= 0.6 is 0 Å². The number of carboxylic acids is 1. The summed E-state index contributed by atoms with van der Waals surface area (Å²) in [6.45, 7) is 25.4. The summed E-state index contributed by atoms with van der Waals surface area (Å²) in [6.07, 6.45) is 18.2. The minimum absolute atomic E-state index is 0.0351. The Kier molecular flexibility index (Phi) is 9.35. The van der Waals surface area contributed by atoms with Gasteiger partial charge in [-0.2, -0.15) is 0 Å². The molecule has 9 atom stereocenters. The fraction of sp³-hybridized carbons (Fsp3) is 0.750. The van der Waals surface area contributed by atoms with E-state index in [2.05, 4.69) is 64.6 Å². The van der Waals surface area contributed by atoms with Gasteiger partial charge in [-0.15, -0.1) is 0 Å². The Morgan fingerprint density at radius 2 is 1.65 bits per heavy atom. The molecule has 5 heteroatoms. The van der Waals surface area contributed by atoms with Crippen LogP contribution in [-0.4, -0.2) is 48.8 Å². The molecule has 6 aliphatic rings. The van der Waals surface area contributed by atoms with Crippen molar-refractivity contribution >= 4 is 11.5 Å². The largest absolute Gasteiger partial charge is 0.478 e. The van der Waals surface area contributed by atoms with Crippen molar-refractivity contribution < 1.29 is 14.7 Å². The van der Waals surface area contributed by atoms with Gasteiger partial charge in [0.05, 0.1) is 12.2 Å². The highest BCUT2D eigenvalue weighted by Gasteiger charge is 2.70. The van der Waals surface area contributed by atoms with Crippen molar-refractivity contribution in [1.82, 2.24) is 10.4 Å². The van der Waals surface area contributed by atoms with Crippen LogP contribution in [0.2, 0.25) is 0 Å². The number of likely N-dealkylation sites (tertiary alicyclic amines) is 1. The number of hydroxylamine groups is 1. The summed E-state index contributed by atoms with van der Waals surface area (Å²) in [5, 5.41) is 9.49. The Morgan fingerprint density at radius 1 is 0.918 bits per heavy atom. The second kappa shape index (κ2) is 12.9. The number of rotatable bonds is 9. The number of allylic oxidation sites excluding steroid dienone is 3. The number of aromatic carboxylic acids is 1. The number of nitrogens with one attached hydrogen (secondary N) is 1. The van der Waals surface area contributed by atoms with Gasteiger partial charge in [0.2, 0.25) is 0 Å². The summed E-state index contributed by atoms with van der Waals surface area (Å²) in [5.41, 5.74) is 9.00. The lowest BCUT2D eigenvalue weighted by atomic mass is 9.32. The molecule has 49 heavy (non-hydrogen) atoms. The molecule has 7 rings (SSSR count). The number of hydrogen-bond donors (Lipinski definition) is 2. The van der Waals surface area contributed by atoms with Gasteiger partial charge >= 0.3 is 5.97 Å². The molecule has 4 saturated carbocycles. The summed E-state index contributed by atoms with van der Waals surface area (Å²) in [4.78, 5) is 20.6. The second-order valence-electron chi connectivity index (χ2n) is 19.1. The first-order valence-corrected chi connectivity index (χ1v) is 20.0. The average molecular weight is 671 g/mol. The Bertz CT molecular complexity index is 1440. The van der Waals surface area contributed by atoms with Gasteiger partial charge in [-0.1, -0.05) is 71.4 Å². The van der Waals surface area contributed by atoms with Crippen molar-refractivity contribution in [3.63, 3.8) is 0 Å². The third kappa shape index (κ3) is 5.62. The fourth-order valence-corrected chi connectivity index (χ4v) is 14.1. The monoisotopic (exact) mass is 671 g/mol. The maximum atomic E-state index is 11.6. The van der Waals surface area contributed by atoms with Crippen molar-refractivity contribution in [3.05, 3.63) is 53.6 Å². The molecular formula is C44H66N2O3. The van der Waals surface area contributed by atoms with Crippen molar-refractivity contribution in [2.24, 2.45) is 56.7 Å². The van der Waals surface area contributed by atoms with E-state index in [0.29, 0.717) is 40.1 Å². The molecule has 1 saturated heterocycles. The molecule has 1 aromatic rings. The summed E-state index contributed by atoms with van der Waals surface area (Å²) < 4.78 is 0. The predicted molar refractivity (Wildman–Crippen MR) is 200 cm³/mol. The summed E-state index contributed by atoms with van der Waals surface area (Å²) in [6, 6.07) is 7.65. The van der Waals surface area contributed by atoms with Crippen molar-refractivity contribution in [2.75, 3.05) is 32.8 Å². The standard InChI is InChI=1S/C44H66N2O3/c1-30(2)33-17-22-44(29-49-45-25-28-46-26-9-8-10-27-46)24-23-42(6)35(38(33)44)15-16-37-41(5)20-18-34(31-11-13-32(14-12-31)39(47)48)40(3,4)36(41)19-21-43(37,42)7/h11-14,18,33,35-38,45H,1,8-10,15-17,19-29H2,2-7H3,(H,47,48)/t33-,35?,36?,37?,38?,41-,42+,43+,44+/m0/s1. The van der Waals surface area contributed by atoms with E-state index in [1.807, 2.05) is 12.1 Å². The lowest BCUT2D eigenvalue weighted by Gasteiger charge is -2.72. The van der Waals surface area contributed by atoms with E-state index < -0.39 is 5.97 Å². The molecule has 5 nitrogen and oxygen atoms in total. The summed E-state index contributed by atoms with van der Waals surface area (Å²) in [7, 11) is 0. The first kappa shape index (κ1) is 35.5. The number of carbonyl (C=O) groups is 1. The van der Waals surface area contributed by atoms with E-state index in [4.69, 9.17) is 4.84 Å². The number of benzene rings is 1. The molecule has 2 N–H and O–H groups in total. The lowest BCUT2D eigenvalue weighted by Crippen LogP contribution is -2.65. The maximum absolute atomic E-state index is 11.6. The number of carboxylic acid groups (broad SMARTS) is 1. The van der Waals surface area contributed by atoms with Crippen LogP contribution in [0.25, 0.3) is 5.57 Å². The van der Waals surface area contributed by atoms with Crippen LogP contribution in [0.1, 0.15) is 135 Å². The molecular weight excluding hydrogens is 604 g/mol. The van der Waals surface area contributed by atoms with Gasteiger partial charge in [0.1, 0.15) is 0 Å². The third-order valence-electron chi connectivity index (χ3n) is 16.7. The quantitative estimate of drug-likeness (QED) is 0.156. The zero-order valence-corrected chi connectivity index (χ0v) is 31.7. The number of piperidine rings is 1. The highest BCUT2D eigenvalue weighted by molar-refractivity contribution is 5.88. The highest BCUT2D eigenvalue weighted by Crippen LogP contribution is 2.77. The summed E-state index contributed by atoms with van der Waals surface area (Å²) in [5.74, 6) is 2.46. The highest BCUT2D eigenvalue weighted by atomic mass is 16.6. The van der Waals surface area contributed by atoms with Crippen LogP contribution in [0.3, 0.4) is 0 Å². The smallest absolute Gasteiger partial charge is 0.335 e. The number of nitrogens with zero attached hydrogens (tertiary/aromatic N) is 1. The minimum Gasteiger partial charge on any atom is -0.478 e. The minimum atomic E-state index is -0.855. The molecule has 5 fully saturated rings. The number of hydrogen-bond acceptors (Lipinski definition) is 4. The first-order valence-electron chi connectivity index (χ1n) is 20.0. The van der Waals surface area contributed by atoms with E-state index in [-0.39, 0.29) is 16.2 Å². The Labute approximate surface area is 297 Å². The molecule has 0 spiro atoms. The van der Waals surface area contributed by atoms with Gasteiger partial charge in [0.15, 0.2) is 0 Å². The Hall–Kier alpha value is -1.95. The Balaban J connectivity index is 1.12. The van der Waals surface area contributed by atoms with Gasteiger partial charge in [0.25, 0.3) is 0 Å². The van der Waals surface area contributed by atoms with E-state index in [9.17, 15) is 9.90 Å². The average Bonchev–Trinajstić information content (AvgIpc) is 3.45. The molecule has 1 aromatic carbocycles. The topological polar surface area (TPSA) is 61.8 Å². The molecule has 270 valence electrons. The van der Waals surface area contributed by atoms with Crippen LogP contribution in [0, 0.1) is 56.7 Å². The molecule has 1 aliphatic heterocycles. The zero-order chi connectivity index (χ0) is 34.8. The van der Waals surface area contributed by atoms with Gasteiger partial charge in [0, 0.05) is 13.1 Å². The van der Waals surface area contributed by atoms with Crippen LogP contribution < -0.4 is 5.48 Å². The van der Waals surface area contributed by atoms with Crippen molar-refractivity contribution in [3.8, 4) is 0 Å². The van der Waals surface area contributed by atoms with Crippen LogP contribution in [-0.2, 0) is 4.84 Å². The van der Waals surface area contributed by atoms with Gasteiger partial charge in [-0.3, -0.25) is 0 Å². The van der Waals surface area contributed by atoms with Crippen molar-refractivity contribution in [1.29, 1.82) is 0 Å². The second-order valence-corrected chi connectivity index (χ2v) is 19.1. The molecule has 4 unspecified atom stereocenters. The zero-order valence-electron chi connectivity index (χ0n) is 31.7. The van der Waals surface area contributed by atoms with E-state index >= 15 is 0 Å². The summed E-state index contributed by atoms with van der Waals surface area (Å²) >= 11 is 0. The third-order valence-corrected chi connectivity index (χ3v) is 16.7. The number of fused-ring (bicyclic) bond motifs is 7. The normalized spacial score (nSPS) is 41.5.